The average Bonchev–Trinajstić information content (AvgIpc) is 3.13. The molecule has 0 spiro atoms. The summed E-state index contributed by atoms with van der Waals surface area (Å²) in [6.45, 7) is 1.10. The van der Waals surface area contributed by atoms with Gasteiger partial charge in [-0.25, -0.2) is 4.98 Å². The molecule has 2 N–H and O–H groups in total. The van der Waals surface area contributed by atoms with E-state index in [4.69, 9.17) is 0 Å². The van der Waals surface area contributed by atoms with Crippen LogP contribution in [-0.4, -0.2) is 22.6 Å². The molecular weight excluding hydrogens is 214 g/mol. The van der Waals surface area contributed by atoms with E-state index in [0.29, 0.717) is 12.0 Å². The molecule has 0 amide bonds. The second-order valence-corrected chi connectivity index (χ2v) is 5.25. The van der Waals surface area contributed by atoms with Crippen molar-refractivity contribution in [3.05, 3.63) is 27.9 Å². The van der Waals surface area contributed by atoms with Gasteiger partial charge in [0, 0.05) is 30.1 Å². The lowest BCUT2D eigenvalue weighted by atomic mass is 10.0. The molecule has 1 unspecified atom stereocenters. The van der Waals surface area contributed by atoms with Crippen LogP contribution in [0.4, 0.5) is 0 Å². The van der Waals surface area contributed by atoms with Gasteiger partial charge in [0.05, 0.1) is 0 Å². The van der Waals surface area contributed by atoms with E-state index in [1.165, 1.54) is 32.1 Å². The third-order valence-electron chi connectivity index (χ3n) is 3.64. The quantitative estimate of drug-likeness (QED) is 0.828. The maximum atomic E-state index is 11.6. The van der Waals surface area contributed by atoms with Crippen LogP contribution in [0, 0.1) is 0 Å². The Bertz CT molecular complexity index is 444. The molecule has 2 aliphatic rings. The van der Waals surface area contributed by atoms with Crippen molar-refractivity contribution < 1.29 is 0 Å². The minimum atomic E-state index is 0.00714. The number of rotatable bonds is 3. The predicted molar refractivity (Wildman–Crippen MR) is 66.2 cm³/mol. The second-order valence-electron chi connectivity index (χ2n) is 5.25. The second kappa shape index (κ2) is 4.61. The van der Waals surface area contributed by atoms with E-state index in [1.54, 1.807) is 6.07 Å². The zero-order valence-corrected chi connectivity index (χ0v) is 10.0. The normalized spacial score (nSPS) is 24.8. The molecule has 2 heterocycles. The van der Waals surface area contributed by atoms with E-state index in [2.05, 4.69) is 15.3 Å². The lowest BCUT2D eigenvalue weighted by molar-refractivity contribution is 0.396. The Morgan fingerprint density at radius 1 is 1.29 bits per heavy atom. The number of aromatic amines is 1. The summed E-state index contributed by atoms with van der Waals surface area (Å²) in [5.41, 5.74) is 0.961. The molecule has 0 aromatic carbocycles. The first kappa shape index (κ1) is 11.0. The van der Waals surface area contributed by atoms with Crippen LogP contribution in [0.1, 0.15) is 49.5 Å². The van der Waals surface area contributed by atoms with Crippen molar-refractivity contribution in [2.45, 2.75) is 50.5 Å². The molecule has 1 aromatic rings. The van der Waals surface area contributed by atoms with Gasteiger partial charge in [-0.1, -0.05) is 6.42 Å². The van der Waals surface area contributed by atoms with Gasteiger partial charge in [0.15, 0.2) is 0 Å². The molecular formula is C13H19N3O. The van der Waals surface area contributed by atoms with Crippen LogP contribution in [-0.2, 0) is 6.42 Å². The third-order valence-corrected chi connectivity index (χ3v) is 3.64. The molecule has 0 bridgehead atoms. The lowest BCUT2D eigenvalue weighted by Crippen LogP contribution is -2.36. The van der Waals surface area contributed by atoms with Gasteiger partial charge in [-0.05, 0) is 32.2 Å². The van der Waals surface area contributed by atoms with E-state index >= 15 is 0 Å². The fourth-order valence-electron chi connectivity index (χ4n) is 2.53. The van der Waals surface area contributed by atoms with Crippen LogP contribution in [0.15, 0.2) is 10.9 Å². The molecule has 4 nitrogen and oxygen atoms in total. The third kappa shape index (κ3) is 2.75. The number of nitrogens with zero attached hydrogens (tertiary/aromatic N) is 1. The zero-order valence-electron chi connectivity index (χ0n) is 10.0. The van der Waals surface area contributed by atoms with Gasteiger partial charge in [0.25, 0.3) is 5.56 Å². The summed E-state index contributed by atoms with van der Waals surface area (Å²) in [5.74, 6) is 1.42. The van der Waals surface area contributed by atoms with Crippen molar-refractivity contribution in [1.82, 2.24) is 15.3 Å². The largest absolute Gasteiger partial charge is 0.314 e. The van der Waals surface area contributed by atoms with Gasteiger partial charge < -0.3 is 10.3 Å². The predicted octanol–water partition coefficient (Wildman–Crippen LogP) is 1.33. The standard InChI is InChI=1S/C13H19N3O/c17-12-8-11(7-10-3-1-2-6-14-10)15-13(16-12)9-4-5-9/h8-10,14H,1-7H2,(H,15,16,17). The Balaban J connectivity index is 1.74. The number of H-pyrrole nitrogens is 1. The van der Waals surface area contributed by atoms with Crippen molar-refractivity contribution in [1.29, 1.82) is 0 Å². The van der Waals surface area contributed by atoms with E-state index in [0.717, 1.165) is 24.5 Å². The van der Waals surface area contributed by atoms with Crippen LogP contribution in [0.2, 0.25) is 0 Å². The Morgan fingerprint density at radius 3 is 2.88 bits per heavy atom. The van der Waals surface area contributed by atoms with Crippen molar-refractivity contribution in [3.8, 4) is 0 Å². The lowest BCUT2D eigenvalue weighted by Gasteiger charge is -2.23. The molecule has 1 aromatic heterocycles. The number of hydrogen-bond donors (Lipinski definition) is 2. The molecule has 17 heavy (non-hydrogen) atoms. The van der Waals surface area contributed by atoms with Gasteiger partial charge in [-0.15, -0.1) is 0 Å². The minimum absolute atomic E-state index is 0.00714. The zero-order chi connectivity index (χ0) is 11.7. The van der Waals surface area contributed by atoms with Crippen LogP contribution < -0.4 is 10.9 Å². The van der Waals surface area contributed by atoms with Crippen molar-refractivity contribution >= 4 is 0 Å². The molecule has 0 radical (unpaired) electrons. The highest BCUT2D eigenvalue weighted by Gasteiger charge is 2.26. The highest BCUT2D eigenvalue weighted by atomic mass is 16.1. The maximum Gasteiger partial charge on any atom is 0.251 e. The highest BCUT2D eigenvalue weighted by molar-refractivity contribution is 5.11. The monoisotopic (exact) mass is 233 g/mol. The molecule has 3 rings (SSSR count). The summed E-state index contributed by atoms with van der Waals surface area (Å²) in [7, 11) is 0. The van der Waals surface area contributed by atoms with Crippen molar-refractivity contribution in [3.63, 3.8) is 0 Å². The number of piperidine rings is 1. The van der Waals surface area contributed by atoms with Gasteiger partial charge in [0.1, 0.15) is 5.82 Å². The van der Waals surface area contributed by atoms with Gasteiger partial charge in [0.2, 0.25) is 0 Å². The minimum Gasteiger partial charge on any atom is -0.314 e. The van der Waals surface area contributed by atoms with Gasteiger partial charge in [-0.2, -0.15) is 0 Å². The fourth-order valence-corrected chi connectivity index (χ4v) is 2.53. The summed E-state index contributed by atoms with van der Waals surface area (Å²) < 4.78 is 0. The van der Waals surface area contributed by atoms with Crippen LogP contribution in [0.3, 0.4) is 0 Å². The molecule has 1 saturated carbocycles. The average molecular weight is 233 g/mol. The smallest absolute Gasteiger partial charge is 0.251 e. The first-order valence-corrected chi connectivity index (χ1v) is 6.65. The van der Waals surface area contributed by atoms with Crippen molar-refractivity contribution in [2.24, 2.45) is 0 Å². The molecule has 4 heteroatoms. The summed E-state index contributed by atoms with van der Waals surface area (Å²) in [6.07, 6.45) is 7.00. The summed E-state index contributed by atoms with van der Waals surface area (Å²) >= 11 is 0. The molecule has 1 atom stereocenters. The summed E-state index contributed by atoms with van der Waals surface area (Å²) in [5, 5.41) is 3.50. The van der Waals surface area contributed by atoms with Crippen LogP contribution >= 0.6 is 0 Å². The highest BCUT2D eigenvalue weighted by Crippen LogP contribution is 2.37. The Morgan fingerprint density at radius 2 is 2.18 bits per heavy atom. The first-order chi connectivity index (χ1) is 8.31. The fraction of sp³-hybridized carbons (Fsp3) is 0.692. The van der Waals surface area contributed by atoms with E-state index in [1.807, 2.05) is 0 Å². The Labute approximate surface area is 101 Å². The van der Waals surface area contributed by atoms with Gasteiger partial charge in [-0.3, -0.25) is 4.79 Å². The van der Waals surface area contributed by atoms with E-state index in [9.17, 15) is 4.79 Å². The molecule has 92 valence electrons. The summed E-state index contributed by atoms with van der Waals surface area (Å²) in [4.78, 5) is 19.0. The summed E-state index contributed by atoms with van der Waals surface area (Å²) in [6, 6.07) is 2.16. The maximum absolute atomic E-state index is 11.6. The first-order valence-electron chi connectivity index (χ1n) is 6.65. The Hall–Kier alpha value is -1.16. The number of hydrogen-bond acceptors (Lipinski definition) is 3. The number of nitrogens with one attached hydrogen (secondary N) is 2. The SMILES string of the molecule is O=c1cc(CC2CCCCN2)nc(C2CC2)[nH]1. The van der Waals surface area contributed by atoms with Crippen LogP contribution in [0.25, 0.3) is 0 Å². The van der Waals surface area contributed by atoms with Crippen molar-refractivity contribution in [2.75, 3.05) is 6.54 Å². The van der Waals surface area contributed by atoms with E-state index < -0.39 is 0 Å². The Kier molecular flexibility index (Phi) is 2.97. The van der Waals surface area contributed by atoms with Crippen LogP contribution in [0.5, 0.6) is 0 Å². The van der Waals surface area contributed by atoms with Gasteiger partial charge >= 0.3 is 0 Å². The molecule has 1 saturated heterocycles. The molecule has 1 aliphatic heterocycles. The molecule has 1 aliphatic carbocycles. The van der Waals surface area contributed by atoms with E-state index in [-0.39, 0.29) is 5.56 Å². The topological polar surface area (TPSA) is 57.8 Å². The molecule has 2 fully saturated rings. The number of aromatic nitrogens is 2.